The average molecular weight is 473 g/mol. The van der Waals surface area contributed by atoms with Crippen LogP contribution in [0.2, 0.25) is 5.02 Å². The number of amides is 1. The number of halogens is 1. The summed E-state index contributed by atoms with van der Waals surface area (Å²) >= 11 is 5.99. The number of aliphatic hydroxyl groups is 1. The second kappa shape index (κ2) is 10.8. The van der Waals surface area contributed by atoms with Crippen LogP contribution < -0.4 is 16.4 Å². The molecule has 0 radical (unpaired) electrons. The zero-order valence-electron chi connectivity index (χ0n) is 18.0. The number of nitrogens with zero attached hydrogens (tertiary/aromatic N) is 3. The summed E-state index contributed by atoms with van der Waals surface area (Å²) in [5, 5.41) is 26.7. The van der Waals surface area contributed by atoms with E-state index in [0.717, 1.165) is 11.1 Å². The molecule has 33 heavy (non-hydrogen) atoms. The molecular weight excluding hydrogens is 448 g/mol. The molecule has 1 aromatic carbocycles. The normalized spacial score (nSPS) is 11.7. The van der Waals surface area contributed by atoms with Crippen LogP contribution in [0.5, 0.6) is 0 Å². The summed E-state index contributed by atoms with van der Waals surface area (Å²) in [6, 6.07) is 10.0. The number of hydrogen-bond donors (Lipinski definition) is 4. The minimum absolute atomic E-state index is 0.143. The Morgan fingerprint density at radius 3 is 2.64 bits per heavy atom. The van der Waals surface area contributed by atoms with E-state index in [9.17, 15) is 20.0 Å². The number of nitro groups is 1. The van der Waals surface area contributed by atoms with E-state index in [4.69, 9.17) is 17.3 Å². The van der Waals surface area contributed by atoms with Crippen LogP contribution in [0.1, 0.15) is 23.7 Å². The number of nitrogens with two attached hydrogens (primary N) is 1. The monoisotopic (exact) mass is 472 g/mol. The lowest BCUT2D eigenvalue weighted by Crippen LogP contribution is -2.30. The molecule has 174 valence electrons. The zero-order chi connectivity index (χ0) is 24.0. The highest BCUT2D eigenvalue weighted by Gasteiger charge is 2.17. The van der Waals surface area contributed by atoms with E-state index in [1.165, 1.54) is 12.1 Å². The maximum atomic E-state index is 12.7. The third-order valence-corrected chi connectivity index (χ3v) is 5.09. The van der Waals surface area contributed by atoms with E-state index in [-0.39, 0.29) is 24.0 Å². The van der Waals surface area contributed by atoms with E-state index in [2.05, 4.69) is 15.6 Å². The van der Waals surface area contributed by atoms with Crippen molar-refractivity contribution in [2.45, 2.75) is 26.0 Å². The largest absolute Gasteiger partial charge is 0.392 e. The Morgan fingerprint density at radius 2 is 2.00 bits per heavy atom. The van der Waals surface area contributed by atoms with Crippen molar-refractivity contribution in [1.29, 1.82) is 0 Å². The molecule has 0 saturated carbocycles. The van der Waals surface area contributed by atoms with Crippen LogP contribution in [0, 0.1) is 10.1 Å². The predicted octanol–water partition coefficient (Wildman–Crippen LogP) is 3.31. The Labute approximate surface area is 195 Å². The number of carbonyl (C=O) groups excluding carboxylic acids is 1. The second-order valence-corrected chi connectivity index (χ2v) is 7.96. The predicted molar refractivity (Wildman–Crippen MR) is 127 cm³/mol. The van der Waals surface area contributed by atoms with Gasteiger partial charge in [0.25, 0.3) is 5.91 Å². The van der Waals surface area contributed by atoms with Crippen molar-refractivity contribution >= 4 is 34.8 Å². The van der Waals surface area contributed by atoms with E-state index in [0.29, 0.717) is 35.9 Å². The first kappa shape index (κ1) is 24.0. The van der Waals surface area contributed by atoms with Crippen molar-refractivity contribution in [2.24, 2.45) is 0 Å². The maximum Gasteiger partial charge on any atom is 0.311 e. The van der Waals surface area contributed by atoms with Crippen LogP contribution in [0.25, 0.3) is 11.1 Å². The first-order valence-corrected chi connectivity index (χ1v) is 10.7. The molecule has 3 rings (SSSR count). The number of anilines is 2. The molecule has 0 spiro atoms. The molecule has 0 bridgehead atoms. The van der Waals surface area contributed by atoms with Gasteiger partial charge in [0.05, 0.1) is 16.6 Å². The molecule has 3 aromatic rings. The van der Waals surface area contributed by atoms with Gasteiger partial charge in [0, 0.05) is 48.7 Å². The summed E-state index contributed by atoms with van der Waals surface area (Å²) in [5.41, 5.74) is 7.49. The van der Waals surface area contributed by atoms with Gasteiger partial charge in [-0.15, -0.1) is 0 Å². The fraction of sp³-hybridized carbons (Fsp3) is 0.273. The molecule has 11 heteroatoms. The number of nitrogens with one attached hydrogen (secondary N) is 2. The molecule has 1 amide bonds. The lowest BCUT2D eigenvalue weighted by atomic mass is 10.0. The van der Waals surface area contributed by atoms with E-state index >= 15 is 0 Å². The molecule has 2 heterocycles. The fourth-order valence-electron chi connectivity index (χ4n) is 3.21. The lowest BCUT2D eigenvalue weighted by Gasteiger charge is -2.08. The van der Waals surface area contributed by atoms with E-state index in [1.54, 1.807) is 25.3 Å². The Kier molecular flexibility index (Phi) is 7.86. The molecule has 0 aliphatic rings. The number of rotatable bonds is 10. The van der Waals surface area contributed by atoms with E-state index in [1.807, 2.05) is 22.9 Å². The van der Waals surface area contributed by atoms with Gasteiger partial charge in [-0.3, -0.25) is 14.9 Å². The first-order valence-electron chi connectivity index (χ1n) is 10.3. The van der Waals surface area contributed by atoms with Crippen LogP contribution in [-0.4, -0.2) is 44.7 Å². The molecule has 0 aliphatic carbocycles. The number of hydrogen-bond acceptors (Lipinski definition) is 7. The van der Waals surface area contributed by atoms with Gasteiger partial charge in [-0.25, -0.2) is 4.98 Å². The SMILES string of the molecule is C[C@H](O)CNC(=O)c1cn(CCCNc2ccc([N+](=O)[O-])c(N)n2)cc1-c1ccc(Cl)cc1. The molecule has 5 N–H and O–H groups in total. The maximum absolute atomic E-state index is 12.7. The Morgan fingerprint density at radius 1 is 1.27 bits per heavy atom. The van der Waals surface area contributed by atoms with Crippen LogP contribution in [0.3, 0.4) is 0 Å². The Bertz CT molecular complexity index is 1130. The van der Waals surface area contributed by atoms with E-state index < -0.39 is 11.0 Å². The van der Waals surface area contributed by atoms with Gasteiger partial charge in [-0.1, -0.05) is 23.7 Å². The second-order valence-electron chi connectivity index (χ2n) is 7.53. The fourth-order valence-corrected chi connectivity index (χ4v) is 3.34. The highest BCUT2D eigenvalue weighted by Crippen LogP contribution is 2.27. The third kappa shape index (κ3) is 6.43. The van der Waals surface area contributed by atoms with Gasteiger partial charge in [-0.2, -0.15) is 0 Å². The Balaban J connectivity index is 1.68. The molecule has 0 aliphatic heterocycles. The molecule has 0 unspecified atom stereocenters. The quantitative estimate of drug-likeness (QED) is 0.201. The van der Waals surface area contributed by atoms with Crippen molar-refractivity contribution < 1.29 is 14.8 Å². The minimum Gasteiger partial charge on any atom is -0.392 e. The molecular formula is C22H25ClN6O4. The van der Waals surface area contributed by atoms with Crippen molar-refractivity contribution in [3.05, 3.63) is 69.5 Å². The molecule has 1 atom stereocenters. The van der Waals surface area contributed by atoms with Gasteiger partial charge >= 0.3 is 5.69 Å². The van der Waals surface area contributed by atoms with Crippen molar-refractivity contribution in [3.8, 4) is 11.1 Å². The van der Waals surface area contributed by atoms with Gasteiger partial charge in [0.2, 0.25) is 5.82 Å². The lowest BCUT2D eigenvalue weighted by molar-refractivity contribution is -0.384. The highest BCUT2D eigenvalue weighted by molar-refractivity contribution is 6.30. The van der Waals surface area contributed by atoms with Gasteiger partial charge in [0.15, 0.2) is 0 Å². The minimum atomic E-state index is -0.650. The standard InChI is InChI=1S/C22H25ClN6O4/c1-14(30)11-26-22(31)18-13-28(12-17(18)15-3-5-16(23)6-4-15)10-2-9-25-20-8-7-19(29(32)33)21(24)27-20/h3-8,12-14,30H,2,9-11H2,1H3,(H,26,31)(H3,24,25,27)/t14-/m0/s1. The highest BCUT2D eigenvalue weighted by atomic mass is 35.5. The summed E-state index contributed by atoms with van der Waals surface area (Å²) in [5.74, 6) is 0.0322. The zero-order valence-corrected chi connectivity index (χ0v) is 18.7. The number of nitrogen functional groups attached to an aromatic ring is 1. The number of benzene rings is 1. The van der Waals surface area contributed by atoms with Crippen LogP contribution in [0.15, 0.2) is 48.8 Å². The summed E-state index contributed by atoms with van der Waals surface area (Å²) in [4.78, 5) is 27.0. The number of aliphatic hydroxyl groups excluding tert-OH is 1. The van der Waals surface area contributed by atoms with Gasteiger partial charge in [0.1, 0.15) is 5.82 Å². The summed E-state index contributed by atoms with van der Waals surface area (Å²) in [6.07, 6.45) is 3.71. The van der Waals surface area contributed by atoms with Crippen molar-refractivity contribution in [1.82, 2.24) is 14.9 Å². The van der Waals surface area contributed by atoms with Gasteiger partial charge in [-0.05, 0) is 37.1 Å². The summed E-state index contributed by atoms with van der Waals surface area (Å²) in [6.45, 7) is 2.91. The molecule has 10 nitrogen and oxygen atoms in total. The van der Waals surface area contributed by atoms with Crippen molar-refractivity contribution in [2.75, 3.05) is 24.1 Å². The smallest absolute Gasteiger partial charge is 0.311 e. The number of carbonyl (C=O) groups is 1. The summed E-state index contributed by atoms with van der Waals surface area (Å²) in [7, 11) is 0. The third-order valence-electron chi connectivity index (χ3n) is 4.84. The van der Waals surface area contributed by atoms with Crippen LogP contribution >= 0.6 is 11.6 Å². The topological polar surface area (TPSA) is 148 Å². The number of pyridine rings is 1. The number of aromatic nitrogens is 2. The first-order chi connectivity index (χ1) is 15.7. The summed E-state index contributed by atoms with van der Waals surface area (Å²) < 4.78 is 1.92. The van der Waals surface area contributed by atoms with Crippen LogP contribution in [-0.2, 0) is 6.54 Å². The average Bonchev–Trinajstić information content (AvgIpc) is 3.19. The molecule has 0 fully saturated rings. The molecule has 0 saturated heterocycles. The molecule has 2 aromatic heterocycles. The van der Waals surface area contributed by atoms with Gasteiger partial charge < -0.3 is 26.0 Å². The van der Waals surface area contributed by atoms with Crippen molar-refractivity contribution in [3.63, 3.8) is 0 Å². The Hall–Kier alpha value is -3.63. The number of aryl methyl sites for hydroxylation is 1. The van der Waals surface area contributed by atoms with Crippen LogP contribution in [0.4, 0.5) is 17.3 Å².